The zero-order chi connectivity index (χ0) is 32.9. The van der Waals surface area contributed by atoms with Gasteiger partial charge in [0.1, 0.15) is 28.4 Å². The lowest BCUT2D eigenvalue weighted by Gasteiger charge is -2.28. The number of nitrogens with one attached hydrogen (secondary N) is 2. The molecule has 7 rings (SSSR count). The Hall–Kier alpha value is -4.78. The number of nitrogens with two attached hydrogens (primary N) is 1. The van der Waals surface area contributed by atoms with Crippen LogP contribution in [0.1, 0.15) is 54.0 Å². The van der Waals surface area contributed by atoms with Crippen molar-refractivity contribution in [2.45, 2.75) is 55.3 Å². The van der Waals surface area contributed by atoms with Gasteiger partial charge in [-0.2, -0.15) is 0 Å². The number of pyridine rings is 1. The Labute approximate surface area is 264 Å². The second-order valence-corrected chi connectivity index (χ2v) is 14.1. The van der Waals surface area contributed by atoms with E-state index in [0.717, 1.165) is 17.2 Å². The number of aryl methyl sites for hydroxylation is 1. The van der Waals surface area contributed by atoms with Crippen LogP contribution in [0.4, 0.5) is 30.8 Å². The van der Waals surface area contributed by atoms with E-state index in [2.05, 4.69) is 15.6 Å². The maximum atomic E-state index is 15.6. The average molecular weight is 650 g/mol. The van der Waals surface area contributed by atoms with Gasteiger partial charge in [0.15, 0.2) is 9.84 Å². The second-order valence-electron chi connectivity index (χ2n) is 12.0. The van der Waals surface area contributed by atoms with Crippen LogP contribution in [0.5, 0.6) is 0 Å². The van der Waals surface area contributed by atoms with Gasteiger partial charge in [-0.15, -0.1) is 0 Å². The number of ether oxygens (including phenoxy) is 1. The number of sulfone groups is 1. The van der Waals surface area contributed by atoms with Crippen LogP contribution in [0.25, 0.3) is 10.8 Å². The molecular formula is C33H33F2N5O5S. The van der Waals surface area contributed by atoms with Crippen LogP contribution in [0.2, 0.25) is 0 Å². The number of carbonyl (C=O) groups is 2. The maximum Gasteiger partial charge on any atom is 0.411 e. The van der Waals surface area contributed by atoms with Gasteiger partial charge in [-0.25, -0.2) is 27.0 Å². The molecule has 3 heterocycles. The SMILES string of the molecule is Cc1cc2ccc1[C@@H](C)COC(=O)Nc1cc(F)c(S(=O)(=O)C3CC3)c(c1)CN(C)C(=O)[C@@H]2Nc1cc(F)c2c(N)nccc2c1. The van der Waals surface area contributed by atoms with E-state index in [4.69, 9.17) is 10.5 Å². The van der Waals surface area contributed by atoms with E-state index in [-0.39, 0.29) is 41.5 Å². The lowest BCUT2D eigenvalue weighted by atomic mass is 9.93. The Morgan fingerprint density at radius 3 is 2.54 bits per heavy atom. The van der Waals surface area contributed by atoms with Crippen molar-refractivity contribution in [3.05, 3.63) is 88.6 Å². The summed E-state index contributed by atoms with van der Waals surface area (Å²) in [7, 11) is -2.57. The lowest BCUT2D eigenvalue weighted by Crippen LogP contribution is -2.35. The number of hydrogen-bond donors (Lipinski definition) is 3. The van der Waals surface area contributed by atoms with Gasteiger partial charge in [-0.3, -0.25) is 10.1 Å². The summed E-state index contributed by atoms with van der Waals surface area (Å²) in [5.74, 6) is -2.34. The van der Waals surface area contributed by atoms with Crippen molar-refractivity contribution in [1.29, 1.82) is 0 Å². The topological polar surface area (TPSA) is 144 Å². The molecule has 13 heteroatoms. The number of likely N-dealkylation sites (N-methyl/N-ethyl adjacent to an activating group) is 1. The van der Waals surface area contributed by atoms with Crippen molar-refractivity contribution >= 4 is 49.8 Å². The molecule has 2 atom stereocenters. The molecule has 0 unspecified atom stereocenters. The normalized spacial score (nSPS) is 19.2. The van der Waals surface area contributed by atoms with Crippen LogP contribution < -0.4 is 16.4 Å². The van der Waals surface area contributed by atoms with Crippen molar-refractivity contribution in [1.82, 2.24) is 9.88 Å². The van der Waals surface area contributed by atoms with Crippen molar-refractivity contribution in [3.63, 3.8) is 0 Å². The van der Waals surface area contributed by atoms with Crippen molar-refractivity contribution in [2.75, 3.05) is 30.0 Å². The third-order valence-corrected chi connectivity index (χ3v) is 10.8. The quantitative estimate of drug-likeness (QED) is 0.251. The van der Waals surface area contributed by atoms with Gasteiger partial charge in [0.25, 0.3) is 0 Å². The highest BCUT2D eigenvalue weighted by Crippen LogP contribution is 2.38. The molecule has 2 amide bonds. The highest BCUT2D eigenvalue weighted by Gasteiger charge is 2.40. The molecule has 1 aliphatic carbocycles. The molecule has 3 aromatic carbocycles. The summed E-state index contributed by atoms with van der Waals surface area (Å²) in [4.78, 5) is 31.6. The highest BCUT2D eigenvalue weighted by molar-refractivity contribution is 7.92. The number of halogens is 2. The molecule has 1 saturated carbocycles. The molecule has 1 fully saturated rings. The minimum atomic E-state index is -4.04. The zero-order valence-electron chi connectivity index (χ0n) is 25.4. The predicted octanol–water partition coefficient (Wildman–Crippen LogP) is 5.82. The average Bonchev–Trinajstić information content (AvgIpc) is 3.84. The molecule has 1 aromatic heterocycles. The number of fused-ring (bicyclic) bond motifs is 10. The summed E-state index contributed by atoms with van der Waals surface area (Å²) in [5, 5.41) is 5.57. The first kappa shape index (κ1) is 31.2. The van der Waals surface area contributed by atoms with Crippen LogP contribution in [-0.4, -0.2) is 49.2 Å². The number of aromatic nitrogens is 1. The number of carbonyl (C=O) groups excluding carboxylic acids is 2. The molecule has 0 radical (unpaired) electrons. The van der Waals surface area contributed by atoms with Crippen molar-refractivity contribution in [2.24, 2.45) is 0 Å². The van der Waals surface area contributed by atoms with Crippen LogP contribution in [-0.2, 0) is 25.9 Å². The minimum Gasteiger partial charge on any atom is -0.449 e. The standard InChI is InChI=1S/C33H33F2N5O5S/c1-17-10-20-4-7-25(17)18(2)16-45-33(42)39-23-12-21(30(27(35)14-23)46(43,44)24-5-6-24)15-40(3)32(41)29(20)38-22-11-19-8-9-37-31(36)28(19)26(34)13-22/h4,7-14,18,24,29,38H,5-6,15-16H2,1-3H3,(H2,36,37)(H,39,42)/t18-,29+/m0/s1. The largest absolute Gasteiger partial charge is 0.449 e. The Morgan fingerprint density at radius 1 is 1.07 bits per heavy atom. The fourth-order valence-electron chi connectivity index (χ4n) is 5.96. The number of benzene rings is 3. The van der Waals surface area contributed by atoms with Gasteiger partial charge in [-0.05, 0) is 77.7 Å². The van der Waals surface area contributed by atoms with E-state index in [1.54, 1.807) is 18.2 Å². The van der Waals surface area contributed by atoms with Gasteiger partial charge >= 0.3 is 6.09 Å². The highest BCUT2D eigenvalue weighted by atomic mass is 32.2. The van der Waals surface area contributed by atoms with E-state index in [1.165, 1.54) is 30.3 Å². The maximum absolute atomic E-state index is 15.6. The third kappa shape index (κ3) is 5.94. The summed E-state index contributed by atoms with van der Waals surface area (Å²) in [6.45, 7) is 3.45. The molecule has 2 aliphatic heterocycles. The molecule has 46 heavy (non-hydrogen) atoms. The molecule has 4 aromatic rings. The van der Waals surface area contributed by atoms with Crippen LogP contribution in [0, 0.1) is 18.6 Å². The van der Waals surface area contributed by atoms with Gasteiger partial charge in [-0.1, -0.05) is 25.1 Å². The van der Waals surface area contributed by atoms with Gasteiger partial charge in [0.2, 0.25) is 5.91 Å². The molecular weight excluding hydrogens is 616 g/mol. The predicted molar refractivity (Wildman–Crippen MR) is 170 cm³/mol. The lowest BCUT2D eigenvalue weighted by molar-refractivity contribution is -0.131. The summed E-state index contributed by atoms with van der Waals surface area (Å²) >= 11 is 0. The first-order valence-corrected chi connectivity index (χ1v) is 16.3. The molecule has 4 bridgehead atoms. The molecule has 240 valence electrons. The Balaban J connectivity index is 1.46. The first-order valence-electron chi connectivity index (χ1n) is 14.8. The summed E-state index contributed by atoms with van der Waals surface area (Å²) in [5.41, 5.74) is 8.46. The zero-order valence-corrected chi connectivity index (χ0v) is 26.3. The fraction of sp³-hybridized carbons (Fsp3) is 0.303. The van der Waals surface area contributed by atoms with E-state index < -0.39 is 49.7 Å². The van der Waals surface area contributed by atoms with Crippen molar-refractivity contribution < 1.29 is 31.5 Å². The van der Waals surface area contributed by atoms with E-state index in [1.807, 2.05) is 26.0 Å². The van der Waals surface area contributed by atoms with Gasteiger partial charge in [0.05, 0.1) is 17.2 Å². The number of nitrogen functional groups attached to an aromatic ring is 1. The molecule has 0 saturated heterocycles. The molecule has 10 nitrogen and oxygen atoms in total. The van der Waals surface area contributed by atoms with E-state index in [9.17, 15) is 18.0 Å². The Morgan fingerprint density at radius 2 is 1.83 bits per heavy atom. The van der Waals surface area contributed by atoms with Crippen LogP contribution in [0.3, 0.4) is 0 Å². The molecule has 4 N–H and O–H groups in total. The third-order valence-electron chi connectivity index (χ3n) is 8.42. The van der Waals surface area contributed by atoms with Crippen LogP contribution >= 0.6 is 0 Å². The Bertz CT molecular complexity index is 2000. The monoisotopic (exact) mass is 649 g/mol. The first-order chi connectivity index (χ1) is 21.8. The second kappa shape index (κ2) is 11.9. The summed E-state index contributed by atoms with van der Waals surface area (Å²) in [6, 6.07) is 11.2. The van der Waals surface area contributed by atoms with Gasteiger partial charge in [0, 0.05) is 37.1 Å². The summed E-state index contributed by atoms with van der Waals surface area (Å²) < 4.78 is 62.9. The van der Waals surface area contributed by atoms with E-state index in [0.29, 0.717) is 29.5 Å². The minimum absolute atomic E-state index is 0.00326. The Kier molecular flexibility index (Phi) is 8.05. The van der Waals surface area contributed by atoms with Crippen LogP contribution in [0.15, 0.2) is 59.6 Å². The van der Waals surface area contributed by atoms with Gasteiger partial charge < -0.3 is 20.7 Å². The number of amides is 2. The number of anilines is 3. The molecule has 0 spiro atoms. The number of hydrogen-bond acceptors (Lipinski definition) is 8. The van der Waals surface area contributed by atoms with E-state index >= 15 is 8.78 Å². The number of nitrogens with zero attached hydrogens (tertiary/aromatic N) is 2. The molecule has 3 aliphatic rings. The summed E-state index contributed by atoms with van der Waals surface area (Å²) in [6.07, 6.45) is 1.45. The fourth-order valence-corrected chi connectivity index (χ4v) is 7.87. The smallest absolute Gasteiger partial charge is 0.411 e. The number of rotatable bonds is 4. The van der Waals surface area contributed by atoms with Crippen molar-refractivity contribution in [3.8, 4) is 0 Å².